The molecule has 0 saturated carbocycles. The Morgan fingerprint density at radius 3 is 0.500 bits per heavy atom. The smallest absolute Gasteiger partial charge is 0.0675 e. The minimum atomic E-state index is 0. The summed E-state index contributed by atoms with van der Waals surface area (Å²) in [6, 6.07) is 0. The average molecular weight is 264 g/mol. The SMILES string of the molecule is C[N+](C)(C)C.C[N+](C)(C)C.[Br-].[Cl-]. The summed E-state index contributed by atoms with van der Waals surface area (Å²) < 4.78 is 2.00. The third kappa shape index (κ3) is 2110. The third-order valence-electron chi connectivity index (χ3n) is 0. The topological polar surface area (TPSA) is 0 Å². The van der Waals surface area contributed by atoms with Crippen LogP contribution in [0.25, 0.3) is 0 Å². The minimum absolute atomic E-state index is 0. The molecule has 0 heterocycles. The molecule has 80 valence electrons. The first-order valence-electron chi connectivity index (χ1n) is 3.58. The molecule has 0 N–H and O–H groups in total. The van der Waals surface area contributed by atoms with Crippen molar-refractivity contribution in [3.05, 3.63) is 0 Å². The zero-order valence-corrected chi connectivity index (χ0v) is 12.0. The van der Waals surface area contributed by atoms with Gasteiger partial charge in [-0.1, -0.05) is 0 Å². The predicted octanol–water partition coefficient (Wildman–Crippen LogP) is -5.35. The van der Waals surface area contributed by atoms with Gasteiger partial charge in [0.25, 0.3) is 0 Å². The first-order chi connectivity index (χ1) is 4.00. The molecule has 0 aliphatic heterocycles. The van der Waals surface area contributed by atoms with Crippen molar-refractivity contribution in [2.24, 2.45) is 0 Å². The molecular formula is C8H24BrClN2. The molecule has 0 bridgehead atoms. The highest BCUT2D eigenvalue weighted by Gasteiger charge is 1.88. The lowest BCUT2D eigenvalue weighted by molar-refractivity contribution is -0.849. The molecule has 0 atom stereocenters. The van der Waals surface area contributed by atoms with Gasteiger partial charge in [0.2, 0.25) is 0 Å². The van der Waals surface area contributed by atoms with E-state index in [0.29, 0.717) is 0 Å². The van der Waals surface area contributed by atoms with Crippen LogP contribution in [0.15, 0.2) is 0 Å². The monoisotopic (exact) mass is 262 g/mol. The van der Waals surface area contributed by atoms with Gasteiger partial charge in [0.05, 0.1) is 56.4 Å². The number of hydrogen-bond acceptors (Lipinski definition) is 0. The van der Waals surface area contributed by atoms with Crippen LogP contribution in [0.4, 0.5) is 0 Å². The molecule has 0 radical (unpaired) electrons. The predicted molar refractivity (Wildman–Crippen MR) is 47.9 cm³/mol. The summed E-state index contributed by atoms with van der Waals surface area (Å²) in [5.41, 5.74) is 0. The number of hydrogen-bond donors (Lipinski definition) is 0. The van der Waals surface area contributed by atoms with Gasteiger partial charge >= 0.3 is 0 Å². The molecule has 0 amide bonds. The maximum Gasteiger partial charge on any atom is 0.0675 e. The fourth-order valence-electron chi connectivity index (χ4n) is 0. The molecule has 0 aromatic rings. The highest BCUT2D eigenvalue weighted by atomic mass is 79.9. The van der Waals surface area contributed by atoms with E-state index in [1.807, 2.05) is 0 Å². The molecule has 0 unspecified atom stereocenters. The summed E-state index contributed by atoms with van der Waals surface area (Å²) in [4.78, 5) is 0. The Balaban J connectivity index is -0.0000000457. The van der Waals surface area contributed by atoms with Crippen LogP contribution in [0, 0.1) is 0 Å². The first kappa shape index (κ1) is 23.0. The zero-order chi connectivity index (χ0) is 9.00. The lowest BCUT2D eigenvalue weighted by Crippen LogP contribution is -3.00. The van der Waals surface area contributed by atoms with Gasteiger partial charge in [-0.2, -0.15) is 0 Å². The lowest BCUT2D eigenvalue weighted by Gasteiger charge is -2.14. The molecule has 0 saturated heterocycles. The summed E-state index contributed by atoms with van der Waals surface area (Å²) >= 11 is 0. The van der Waals surface area contributed by atoms with Gasteiger partial charge in [0.1, 0.15) is 0 Å². The summed E-state index contributed by atoms with van der Waals surface area (Å²) in [6.07, 6.45) is 0. The van der Waals surface area contributed by atoms with Crippen LogP contribution in [0.1, 0.15) is 0 Å². The second-order valence-corrected chi connectivity index (χ2v) is 5.37. The van der Waals surface area contributed by atoms with Gasteiger partial charge in [0.15, 0.2) is 0 Å². The van der Waals surface area contributed by atoms with Crippen molar-refractivity contribution in [3.63, 3.8) is 0 Å². The molecule has 0 fully saturated rings. The second-order valence-electron chi connectivity index (χ2n) is 5.37. The summed E-state index contributed by atoms with van der Waals surface area (Å²) in [5.74, 6) is 0. The molecule has 2 nitrogen and oxygen atoms in total. The number of nitrogens with zero attached hydrogens (tertiary/aromatic N) is 2. The third-order valence-corrected chi connectivity index (χ3v) is 0. The average Bonchev–Trinajstić information content (AvgIpc) is 1.12. The molecule has 12 heavy (non-hydrogen) atoms. The number of halogens is 2. The Morgan fingerprint density at radius 1 is 0.500 bits per heavy atom. The number of quaternary nitrogens is 2. The van der Waals surface area contributed by atoms with E-state index < -0.39 is 0 Å². The van der Waals surface area contributed by atoms with E-state index in [9.17, 15) is 0 Å². The minimum Gasteiger partial charge on any atom is -1.00 e. The normalized spacial score (nSPS) is 10.0. The Kier molecular flexibility index (Phi) is 15.9. The van der Waals surface area contributed by atoms with Gasteiger partial charge in [0, 0.05) is 0 Å². The molecule has 0 spiro atoms. The van der Waals surface area contributed by atoms with E-state index >= 15 is 0 Å². The summed E-state index contributed by atoms with van der Waals surface area (Å²) in [5, 5.41) is 0. The highest BCUT2D eigenvalue weighted by molar-refractivity contribution is 3.87. The lowest BCUT2D eigenvalue weighted by atomic mass is 10.8. The second kappa shape index (κ2) is 8.30. The fourth-order valence-corrected chi connectivity index (χ4v) is 0. The van der Waals surface area contributed by atoms with E-state index in [1.165, 1.54) is 0 Å². The van der Waals surface area contributed by atoms with Crippen molar-refractivity contribution in [3.8, 4) is 0 Å². The van der Waals surface area contributed by atoms with Crippen LogP contribution in [-0.2, 0) is 0 Å². The quantitative estimate of drug-likeness (QED) is 0.383. The maximum atomic E-state index is 2.12. The molecule has 0 aliphatic rings. The molecule has 4 heteroatoms. The van der Waals surface area contributed by atoms with E-state index in [4.69, 9.17) is 0 Å². The van der Waals surface area contributed by atoms with Crippen molar-refractivity contribution in [1.82, 2.24) is 0 Å². The van der Waals surface area contributed by atoms with Crippen LogP contribution in [0.2, 0.25) is 0 Å². The van der Waals surface area contributed by atoms with Gasteiger partial charge in [-0.3, -0.25) is 0 Å². The first-order valence-corrected chi connectivity index (χ1v) is 3.58. The molecule has 0 rings (SSSR count). The van der Waals surface area contributed by atoms with Crippen LogP contribution in [0.5, 0.6) is 0 Å². The molecule has 0 aromatic heterocycles. The Bertz CT molecular complexity index is 60.0. The Hall–Kier alpha value is 0.690. The molecule has 0 aliphatic carbocycles. The Morgan fingerprint density at radius 2 is 0.500 bits per heavy atom. The van der Waals surface area contributed by atoms with Crippen LogP contribution >= 0.6 is 0 Å². The molecular weight excluding hydrogens is 239 g/mol. The number of rotatable bonds is 0. The zero-order valence-electron chi connectivity index (χ0n) is 9.65. The van der Waals surface area contributed by atoms with Crippen molar-refractivity contribution < 1.29 is 38.4 Å². The van der Waals surface area contributed by atoms with Crippen molar-refractivity contribution >= 4 is 0 Å². The van der Waals surface area contributed by atoms with Gasteiger partial charge in [-0.25, -0.2) is 0 Å². The van der Waals surface area contributed by atoms with E-state index in [2.05, 4.69) is 56.4 Å². The summed E-state index contributed by atoms with van der Waals surface area (Å²) in [7, 11) is 17.0. The van der Waals surface area contributed by atoms with Gasteiger partial charge in [-0.15, -0.1) is 0 Å². The highest BCUT2D eigenvalue weighted by Crippen LogP contribution is 1.74. The van der Waals surface area contributed by atoms with Crippen LogP contribution in [0.3, 0.4) is 0 Å². The van der Waals surface area contributed by atoms with Crippen molar-refractivity contribution in [2.75, 3.05) is 56.4 Å². The molecule has 0 aromatic carbocycles. The standard InChI is InChI=1S/2C4H12N.BrH.ClH/c2*1-5(2,3)4;;/h2*1-4H3;2*1H/q2*+1;;/p-2. The van der Waals surface area contributed by atoms with Crippen molar-refractivity contribution in [2.45, 2.75) is 0 Å². The van der Waals surface area contributed by atoms with Crippen LogP contribution < -0.4 is 29.4 Å². The van der Waals surface area contributed by atoms with Crippen LogP contribution in [-0.4, -0.2) is 65.3 Å². The van der Waals surface area contributed by atoms with Gasteiger partial charge in [-0.05, 0) is 0 Å². The van der Waals surface area contributed by atoms with E-state index in [1.54, 1.807) is 0 Å². The van der Waals surface area contributed by atoms with Crippen molar-refractivity contribution in [1.29, 1.82) is 0 Å². The largest absolute Gasteiger partial charge is 1.00 e. The maximum absolute atomic E-state index is 2.12. The Labute approximate surface area is 94.9 Å². The van der Waals surface area contributed by atoms with E-state index in [-0.39, 0.29) is 29.4 Å². The van der Waals surface area contributed by atoms with E-state index in [0.717, 1.165) is 8.97 Å². The van der Waals surface area contributed by atoms with Gasteiger partial charge < -0.3 is 38.4 Å². The summed E-state index contributed by atoms with van der Waals surface area (Å²) in [6.45, 7) is 0. The fraction of sp³-hybridized carbons (Fsp3) is 1.00.